The first kappa shape index (κ1) is 22.1. The molecule has 0 saturated carbocycles. The molecule has 0 saturated heterocycles. The van der Waals surface area contributed by atoms with E-state index in [-0.39, 0.29) is 0 Å². The molecule has 0 atom stereocenters. The van der Waals surface area contributed by atoms with Gasteiger partial charge in [0.1, 0.15) is 0 Å². The molecule has 0 fully saturated rings. The fourth-order valence-electron chi connectivity index (χ4n) is 1.22. The number of rotatable bonds is 7. The second-order valence-corrected chi connectivity index (χ2v) is 8.57. The monoisotopic (exact) mass is 341 g/mol. The normalized spacial score (nSPS) is 12.8. The zero-order valence-corrected chi connectivity index (χ0v) is 13.6. The molecular formula is C9H22F3NO5SSi. The maximum absolute atomic E-state index is 10.7. The summed E-state index contributed by atoms with van der Waals surface area (Å²) in [6, 6.07) is 1.01. The van der Waals surface area contributed by atoms with Crippen molar-refractivity contribution in [3.05, 3.63) is 0 Å². The molecule has 6 nitrogen and oxygen atoms in total. The van der Waals surface area contributed by atoms with Gasteiger partial charge < -0.3 is 14.6 Å². The van der Waals surface area contributed by atoms with Crippen LogP contribution in [0.2, 0.25) is 12.6 Å². The summed E-state index contributed by atoms with van der Waals surface area (Å²) in [7, 11) is -7.69. The fraction of sp³-hybridized carbons (Fsp3) is 1.00. The molecule has 0 bridgehead atoms. The number of hydrogen-bond acceptors (Lipinski definition) is 5. The number of alkyl halides is 3. The lowest BCUT2D eigenvalue weighted by Crippen LogP contribution is -2.39. The van der Waals surface area contributed by atoms with Crippen molar-refractivity contribution in [2.75, 3.05) is 19.8 Å². The van der Waals surface area contributed by atoms with Gasteiger partial charge in [-0.3, -0.25) is 4.55 Å². The molecule has 0 rings (SSSR count). The van der Waals surface area contributed by atoms with E-state index in [1.807, 2.05) is 13.8 Å². The topological polar surface area (TPSA) is 98.9 Å². The van der Waals surface area contributed by atoms with Gasteiger partial charge in [0.25, 0.3) is 0 Å². The van der Waals surface area contributed by atoms with E-state index in [4.69, 9.17) is 27.6 Å². The summed E-state index contributed by atoms with van der Waals surface area (Å²) in [5, 5.41) is 0. The Kier molecular flexibility index (Phi) is 10.7. The summed E-state index contributed by atoms with van der Waals surface area (Å²) in [6.07, 6.45) is 1.00. The molecule has 0 aromatic carbocycles. The molecule has 3 N–H and O–H groups in total. The quantitative estimate of drug-likeness (QED) is 0.417. The van der Waals surface area contributed by atoms with Crippen LogP contribution in [0.25, 0.3) is 0 Å². The van der Waals surface area contributed by atoms with E-state index >= 15 is 0 Å². The van der Waals surface area contributed by atoms with Crippen molar-refractivity contribution in [2.45, 2.75) is 38.4 Å². The van der Waals surface area contributed by atoms with Crippen LogP contribution in [0.3, 0.4) is 0 Å². The highest BCUT2D eigenvalue weighted by atomic mass is 32.2. The van der Waals surface area contributed by atoms with E-state index in [2.05, 4.69) is 6.55 Å². The molecule has 0 unspecified atom stereocenters. The summed E-state index contributed by atoms with van der Waals surface area (Å²) in [4.78, 5) is 0. The maximum atomic E-state index is 10.7. The van der Waals surface area contributed by atoms with Gasteiger partial charge in [-0.15, -0.1) is 0 Å². The minimum atomic E-state index is -5.84. The third-order valence-electron chi connectivity index (χ3n) is 2.03. The average molecular weight is 341 g/mol. The zero-order chi connectivity index (χ0) is 16.4. The van der Waals surface area contributed by atoms with Crippen LogP contribution in [-0.2, 0) is 19.0 Å². The second-order valence-electron chi connectivity index (χ2n) is 3.81. The lowest BCUT2D eigenvalue weighted by atomic mass is 10.5. The van der Waals surface area contributed by atoms with Crippen molar-refractivity contribution >= 4 is 18.7 Å². The van der Waals surface area contributed by atoms with E-state index in [0.717, 1.165) is 32.2 Å². The summed E-state index contributed by atoms with van der Waals surface area (Å²) in [5.41, 5.74) is -0.0956. The molecule has 0 aromatic rings. The first-order chi connectivity index (χ1) is 8.93. The minimum absolute atomic E-state index is 0.725. The first-order valence-corrected chi connectivity index (χ1v) is 9.91. The lowest BCUT2D eigenvalue weighted by Gasteiger charge is -2.25. The third-order valence-corrected chi connectivity index (χ3v) is 5.67. The van der Waals surface area contributed by atoms with Gasteiger partial charge in [0.2, 0.25) is 0 Å². The van der Waals surface area contributed by atoms with Crippen LogP contribution in [-0.4, -0.2) is 46.8 Å². The summed E-state index contributed by atoms with van der Waals surface area (Å²) in [5.74, 6) is 0. The Morgan fingerprint density at radius 3 is 1.75 bits per heavy atom. The Morgan fingerprint density at radius 2 is 1.55 bits per heavy atom. The molecule has 0 radical (unpaired) electrons. The first-order valence-electron chi connectivity index (χ1n) is 5.95. The largest absolute Gasteiger partial charge is 0.522 e. The molecule has 0 aliphatic carbocycles. The van der Waals surface area contributed by atoms with Crippen LogP contribution in [0, 0.1) is 0 Å². The molecular weight excluding hydrogens is 319 g/mol. The SMILES string of the molecule is CCO[Si](C)(CCCN)OCC.O=S(=O)(O)C(F)(F)F. The van der Waals surface area contributed by atoms with E-state index in [1.54, 1.807) is 0 Å². The van der Waals surface area contributed by atoms with Crippen LogP contribution >= 0.6 is 0 Å². The van der Waals surface area contributed by atoms with E-state index < -0.39 is 24.2 Å². The minimum Gasteiger partial charge on any atom is -0.395 e. The van der Waals surface area contributed by atoms with Gasteiger partial charge in [0, 0.05) is 13.2 Å². The van der Waals surface area contributed by atoms with Gasteiger partial charge in [-0.2, -0.15) is 21.6 Å². The predicted molar refractivity (Wildman–Crippen MR) is 71.0 cm³/mol. The van der Waals surface area contributed by atoms with Gasteiger partial charge in [0.15, 0.2) is 0 Å². The number of halogens is 3. The lowest BCUT2D eigenvalue weighted by molar-refractivity contribution is -0.0510. The van der Waals surface area contributed by atoms with Gasteiger partial charge in [-0.25, -0.2) is 0 Å². The summed E-state index contributed by atoms with van der Waals surface area (Å²) >= 11 is 0. The van der Waals surface area contributed by atoms with Crippen molar-refractivity contribution in [1.82, 2.24) is 0 Å². The smallest absolute Gasteiger partial charge is 0.395 e. The highest BCUT2D eigenvalue weighted by molar-refractivity contribution is 7.86. The molecule has 0 spiro atoms. The highest BCUT2D eigenvalue weighted by Gasteiger charge is 2.44. The van der Waals surface area contributed by atoms with E-state index in [1.165, 1.54) is 0 Å². The van der Waals surface area contributed by atoms with Crippen LogP contribution in [0.15, 0.2) is 0 Å². The Bertz CT molecular complexity index is 344. The summed E-state index contributed by atoms with van der Waals surface area (Å²) in [6.45, 7) is 8.33. The Balaban J connectivity index is 0. The Hall–Kier alpha value is -0.203. The molecule has 0 heterocycles. The van der Waals surface area contributed by atoms with Crippen LogP contribution < -0.4 is 5.73 Å². The fourth-order valence-corrected chi connectivity index (χ4v) is 3.66. The van der Waals surface area contributed by atoms with Crippen molar-refractivity contribution in [3.63, 3.8) is 0 Å². The third kappa shape index (κ3) is 10.6. The Morgan fingerprint density at radius 1 is 1.20 bits per heavy atom. The second kappa shape index (κ2) is 9.68. The highest BCUT2D eigenvalue weighted by Crippen LogP contribution is 2.20. The van der Waals surface area contributed by atoms with Crippen molar-refractivity contribution in [3.8, 4) is 0 Å². The molecule has 0 amide bonds. The van der Waals surface area contributed by atoms with Crippen molar-refractivity contribution in [1.29, 1.82) is 0 Å². The van der Waals surface area contributed by atoms with Crippen LogP contribution in [0.5, 0.6) is 0 Å². The van der Waals surface area contributed by atoms with Crippen molar-refractivity contribution in [2.24, 2.45) is 5.73 Å². The molecule has 124 valence electrons. The molecule has 0 aliphatic heterocycles. The Labute approximate surface area is 118 Å². The number of nitrogens with two attached hydrogens (primary N) is 1. The average Bonchev–Trinajstić information content (AvgIpc) is 2.25. The zero-order valence-electron chi connectivity index (χ0n) is 11.7. The molecule has 0 aliphatic rings. The van der Waals surface area contributed by atoms with E-state index in [0.29, 0.717) is 0 Å². The molecule has 11 heteroatoms. The van der Waals surface area contributed by atoms with Crippen molar-refractivity contribution < 1.29 is 35.0 Å². The van der Waals surface area contributed by atoms with E-state index in [9.17, 15) is 13.2 Å². The number of hydrogen-bond donors (Lipinski definition) is 2. The van der Waals surface area contributed by atoms with Gasteiger partial charge in [0.05, 0.1) is 0 Å². The summed E-state index contributed by atoms with van der Waals surface area (Å²) < 4.78 is 68.8. The molecule has 20 heavy (non-hydrogen) atoms. The van der Waals surface area contributed by atoms with Gasteiger partial charge in [-0.05, 0) is 39.4 Å². The van der Waals surface area contributed by atoms with Crippen LogP contribution in [0.4, 0.5) is 13.2 Å². The maximum Gasteiger partial charge on any atom is 0.522 e. The van der Waals surface area contributed by atoms with Gasteiger partial charge in [-0.1, -0.05) is 0 Å². The van der Waals surface area contributed by atoms with Crippen LogP contribution in [0.1, 0.15) is 20.3 Å². The predicted octanol–water partition coefficient (Wildman–Crippen LogP) is 1.87. The van der Waals surface area contributed by atoms with Gasteiger partial charge >= 0.3 is 24.2 Å². The molecule has 0 aromatic heterocycles. The standard InChI is InChI=1S/C8H21NO2Si.CHF3O3S/c1-4-10-12(3,11-5-2)8-6-7-9;2-1(3,4)8(5,6)7/h4-9H2,1-3H3;(H,5,6,7).